The summed E-state index contributed by atoms with van der Waals surface area (Å²) in [5.74, 6) is -0.385. The lowest BCUT2D eigenvalue weighted by atomic mass is 9.95. The van der Waals surface area contributed by atoms with Crippen LogP contribution in [0.5, 0.6) is 17.2 Å². The van der Waals surface area contributed by atoms with Crippen LogP contribution in [0.4, 0.5) is 5.13 Å². The van der Waals surface area contributed by atoms with E-state index in [9.17, 15) is 14.7 Å². The lowest BCUT2D eigenvalue weighted by Gasteiger charge is -2.24. The molecule has 1 aliphatic rings. The van der Waals surface area contributed by atoms with Gasteiger partial charge < -0.3 is 19.3 Å². The molecule has 1 atom stereocenters. The number of hydrogen-bond acceptors (Lipinski definition) is 8. The zero-order chi connectivity index (χ0) is 31.5. The predicted molar refractivity (Wildman–Crippen MR) is 175 cm³/mol. The maximum absolute atomic E-state index is 13.8. The summed E-state index contributed by atoms with van der Waals surface area (Å²) in [6.45, 7) is 4.90. The number of Topliss-reactive ketones (excluding diaryl/α,β-unsaturated/α-hetero) is 1. The normalized spacial score (nSPS) is 15.9. The summed E-state index contributed by atoms with van der Waals surface area (Å²) in [6, 6.07) is 25.9. The van der Waals surface area contributed by atoms with Gasteiger partial charge in [-0.15, -0.1) is 0 Å². The Balaban J connectivity index is 1.47. The molecule has 228 valence electrons. The smallest absolute Gasteiger partial charge is 0.301 e. The Morgan fingerprint density at radius 1 is 0.889 bits per heavy atom. The summed E-state index contributed by atoms with van der Waals surface area (Å²) in [7, 11) is 0. The molecule has 45 heavy (non-hydrogen) atoms. The van der Waals surface area contributed by atoms with E-state index in [1.165, 1.54) is 16.2 Å². The van der Waals surface area contributed by atoms with Gasteiger partial charge >= 0.3 is 5.91 Å². The van der Waals surface area contributed by atoms with E-state index in [0.29, 0.717) is 63.9 Å². The van der Waals surface area contributed by atoms with Crippen LogP contribution in [-0.4, -0.2) is 35.0 Å². The molecule has 1 aromatic heterocycles. The molecule has 10 heteroatoms. The molecule has 1 fully saturated rings. The Kier molecular flexibility index (Phi) is 8.73. The Hall–Kier alpha value is -4.86. The summed E-state index contributed by atoms with van der Waals surface area (Å²) >= 11 is 7.46. The molecule has 0 spiro atoms. The topological polar surface area (TPSA) is 98.2 Å². The summed E-state index contributed by atoms with van der Waals surface area (Å²) in [6.07, 6.45) is 0. The minimum Gasteiger partial charge on any atom is -0.507 e. The lowest BCUT2D eigenvalue weighted by molar-refractivity contribution is -0.132. The van der Waals surface area contributed by atoms with Crippen molar-refractivity contribution in [3.8, 4) is 17.2 Å². The van der Waals surface area contributed by atoms with Gasteiger partial charge in [0.05, 0.1) is 35.0 Å². The van der Waals surface area contributed by atoms with Gasteiger partial charge in [-0.25, -0.2) is 4.98 Å². The number of nitrogens with zero attached hydrogens (tertiary/aromatic N) is 2. The molecule has 1 unspecified atom stereocenters. The van der Waals surface area contributed by atoms with E-state index < -0.39 is 17.7 Å². The second-order valence-corrected chi connectivity index (χ2v) is 11.6. The number of carbonyl (C=O) groups is 2. The first-order chi connectivity index (χ1) is 21.9. The van der Waals surface area contributed by atoms with Gasteiger partial charge in [0.1, 0.15) is 18.1 Å². The number of fused-ring (bicyclic) bond motifs is 1. The van der Waals surface area contributed by atoms with Crippen LogP contribution in [0.1, 0.15) is 36.6 Å². The van der Waals surface area contributed by atoms with Crippen molar-refractivity contribution in [3.63, 3.8) is 0 Å². The van der Waals surface area contributed by atoms with Crippen LogP contribution in [0.15, 0.2) is 96.6 Å². The standard InChI is InChI=1S/C35H29ClN2O6S/c1-3-42-25-14-10-22(11-15-25)32(39)30-31(38(34(41)33(30)40)35-37-26-16-13-24(36)19-29(26)45-35)23-12-17-27(28(18-23)43-4-2)44-20-21-8-6-5-7-9-21/h5-19,31,39H,3-4,20H2,1-2H3/b32-30+. The van der Waals surface area contributed by atoms with Crippen LogP contribution in [0.25, 0.3) is 16.0 Å². The van der Waals surface area contributed by atoms with E-state index in [4.69, 9.17) is 25.8 Å². The molecule has 0 radical (unpaired) electrons. The van der Waals surface area contributed by atoms with E-state index in [0.717, 1.165) is 10.3 Å². The van der Waals surface area contributed by atoms with Crippen molar-refractivity contribution in [2.24, 2.45) is 0 Å². The number of aliphatic hydroxyl groups is 1. The monoisotopic (exact) mass is 640 g/mol. The Bertz CT molecular complexity index is 1910. The summed E-state index contributed by atoms with van der Waals surface area (Å²) < 4.78 is 18.4. The van der Waals surface area contributed by atoms with Crippen LogP contribution in [0.2, 0.25) is 5.02 Å². The minimum atomic E-state index is -1.00. The highest BCUT2D eigenvalue weighted by atomic mass is 35.5. The van der Waals surface area contributed by atoms with Crippen molar-refractivity contribution < 1.29 is 28.9 Å². The molecule has 1 N–H and O–H groups in total. The summed E-state index contributed by atoms with van der Waals surface area (Å²) in [5.41, 5.74) is 2.46. The zero-order valence-electron chi connectivity index (χ0n) is 24.5. The first-order valence-electron chi connectivity index (χ1n) is 14.4. The maximum atomic E-state index is 13.8. The fourth-order valence-electron chi connectivity index (χ4n) is 5.18. The highest BCUT2D eigenvalue weighted by molar-refractivity contribution is 7.22. The number of thiazole rings is 1. The average Bonchev–Trinajstić information content (AvgIpc) is 3.58. The highest BCUT2D eigenvalue weighted by Crippen LogP contribution is 2.46. The first kappa shape index (κ1) is 30.2. The van der Waals surface area contributed by atoms with Gasteiger partial charge in [-0.1, -0.05) is 59.3 Å². The lowest BCUT2D eigenvalue weighted by Crippen LogP contribution is -2.29. The SMILES string of the molecule is CCOc1ccc(/C(O)=C2\C(=O)C(=O)N(c3nc4ccc(Cl)cc4s3)C2c2ccc(OCc3ccccc3)c(OCC)c2)cc1. The fraction of sp³-hybridized carbons (Fsp3) is 0.171. The molecule has 1 amide bonds. The maximum Gasteiger partial charge on any atom is 0.301 e. The van der Waals surface area contributed by atoms with Crippen LogP contribution in [-0.2, 0) is 16.2 Å². The number of ether oxygens (including phenoxy) is 3. The molecule has 0 aliphatic carbocycles. The third-order valence-corrected chi connectivity index (χ3v) is 8.50. The molecule has 0 saturated carbocycles. The van der Waals surface area contributed by atoms with Gasteiger partial charge in [-0.3, -0.25) is 14.5 Å². The molecule has 1 aliphatic heterocycles. The number of aromatic nitrogens is 1. The number of ketones is 1. The number of halogens is 1. The molecule has 8 nitrogen and oxygen atoms in total. The molecular weight excluding hydrogens is 612 g/mol. The van der Waals surface area contributed by atoms with E-state index in [1.54, 1.807) is 60.7 Å². The Morgan fingerprint density at radius 2 is 1.64 bits per heavy atom. The number of hydrogen-bond donors (Lipinski definition) is 1. The second kappa shape index (κ2) is 13.0. The van der Waals surface area contributed by atoms with Gasteiger partial charge in [0.25, 0.3) is 5.78 Å². The predicted octanol–water partition coefficient (Wildman–Crippen LogP) is 7.95. The Labute approximate surface area is 269 Å². The summed E-state index contributed by atoms with van der Waals surface area (Å²) in [5, 5.41) is 12.4. The highest BCUT2D eigenvalue weighted by Gasteiger charge is 2.48. The van der Waals surface area contributed by atoms with E-state index >= 15 is 0 Å². The third-order valence-electron chi connectivity index (χ3n) is 7.25. The molecule has 1 saturated heterocycles. The molecule has 0 bridgehead atoms. The van der Waals surface area contributed by atoms with Crippen molar-refractivity contribution in [2.45, 2.75) is 26.5 Å². The van der Waals surface area contributed by atoms with Crippen LogP contribution in [0, 0.1) is 0 Å². The van der Waals surface area contributed by atoms with Crippen molar-refractivity contribution in [1.82, 2.24) is 4.98 Å². The average molecular weight is 641 g/mol. The second-order valence-electron chi connectivity index (χ2n) is 10.1. The first-order valence-corrected chi connectivity index (χ1v) is 15.6. The fourth-order valence-corrected chi connectivity index (χ4v) is 6.45. The molecule has 2 heterocycles. The van der Waals surface area contributed by atoms with Gasteiger partial charge in [-0.2, -0.15) is 0 Å². The number of rotatable bonds is 10. The van der Waals surface area contributed by atoms with Crippen molar-refractivity contribution in [3.05, 3.63) is 118 Å². The van der Waals surface area contributed by atoms with E-state index in [-0.39, 0.29) is 11.3 Å². The summed E-state index contributed by atoms with van der Waals surface area (Å²) in [4.78, 5) is 33.5. The third kappa shape index (κ3) is 6.09. The van der Waals surface area contributed by atoms with Crippen molar-refractivity contribution in [2.75, 3.05) is 18.1 Å². The molecule has 6 rings (SSSR count). The quantitative estimate of drug-likeness (QED) is 0.0939. The van der Waals surface area contributed by atoms with Crippen LogP contribution in [0.3, 0.4) is 0 Å². The van der Waals surface area contributed by atoms with Gasteiger partial charge in [-0.05, 0) is 79.6 Å². The van der Waals surface area contributed by atoms with Crippen molar-refractivity contribution in [1.29, 1.82) is 0 Å². The number of aliphatic hydroxyl groups excluding tert-OH is 1. The van der Waals surface area contributed by atoms with Gasteiger partial charge in [0.2, 0.25) is 0 Å². The van der Waals surface area contributed by atoms with Gasteiger partial charge in [0.15, 0.2) is 16.6 Å². The van der Waals surface area contributed by atoms with Gasteiger partial charge in [0, 0.05) is 10.6 Å². The molecule has 4 aromatic carbocycles. The number of amides is 1. The Morgan fingerprint density at radius 3 is 2.38 bits per heavy atom. The van der Waals surface area contributed by atoms with Crippen molar-refractivity contribution >= 4 is 55.7 Å². The molecule has 5 aromatic rings. The number of carbonyl (C=O) groups excluding carboxylic acids is 2. The number of anilines is 1. The molecular formula is C35H29ClN2O6S. The number of benzene rings is 4. The minimum absolute atomic E-state index is 0.0677. The van der Waals surface area contributed by atoms with E-state index in [2.05, 4.69) is 4.98 Å². The largest absolute Gasteiger partial charge is 0.507 e. The zero-order valence-corrected chi connectivity index (χ0v) is 26.1. The van der Waals surface area contributed by atoms with E-state index in [1.807, 2.05) is 44.2 Å². The van der Waals surface area contributed by atoms with Crippen LogP contribution < -0.4 is 19.1 Å². The van der Waals surface area contributed by atoms with Crippen LogP contribution >= 0.6 is 22.9 Å².